The van der Waals surface area contributed by atoms with Crippen molar-refractivity contribution in [3.8, 4) is 57.5 Å². The van der Waals surface area contributed by atoms with Gasteiger partial charge >= 0.3 is 0 Å². The maximum absolute atomic E-state index is 10.4. The van der Waals surface area contributed by atoms with Gasteiger partial charge in [-0.25, -0.2) is 9.36 Å². The SMILES string of the molecule is CCCCCCOc1nn(-c2ccc(-c3ccccc3)cc2)cc1/C=C(\C#N)c1ccc(/C(C#N)=C\c2cn(-c3ccc(-c4ccccc4)cc3)nc2OCCCCCC)cc1. The number of hydrogen-bond donors (Lipinski definition) is 0. The van der Waals surface area contributed by atoms with Gasteiger partial charge in [-0.2, -0.15) is 10.5 Å². The van der Waals surface area contributed by atoms with Crippen molar-refractivity contribution in [3.05, 3.63) is 168 Å². The smallest absolute Gasteiger partial charge is 0.240 e. The Morgan fingerprint density at radius 2 is 0.855 bits per heavy atom. The van der Waals surface area contributed by atoms with Crippen molar-refractivity contribution in [3.63, 3.8) is 0 Å². The molecule has 2 heterocycles. The molecule has 5 aromatic carbocycles. The largest absolute Gasteiger partial charge is 0.476 e. The zero-order valence-electron chi connectivity index (χ0n) is 35.6. The maximum atomic E-state index is 10.4. The van der Waals surface area contributed by atoms with Crippen molar-refractivity contribution in [2.24, 2.45) is 0 Å². The lowest BCUT2D eigenvalue weighted by Crippen LogP contribution is -2.00. The van der Waals surface area contributed by atoms with E-state index in [-0.39, 0.29) is 0 Å². The molecule has 0 unspecified atom stereocenters. The molecule has 0 aliphatic heterocycles. The highest BCUT2D eigenvalue weighted by Gasteiger charge is 2.15. The van der Waals surface area contributed by atoms with E-state index in [1.807, 2.05) is 109 Å². The molecule has 0 N–H and O–H groups in total. The first-order valence-electron chi connectivity index (χ1n) is 21.7. The van der Waals surface area contributed by atoms with E-state index in [2.05, 4.69) is 74.5 Å². The molecule has 7 rings (SSSR count). The lowest BCUT2D eigenvalue weighted by molar-refractivity contribution is 0.291. The van der Waals surface area contributed by atoms with Crippen LogP contribution < -0.4 is 9.47 Å². The number of ether oxygens (including phenoxy) is 2. The molecule has 0 atom stereocenters. The topological polar surface area (TPSA) is 102 Å². The molecule has 0 saturated heterocycles. The normalized spacial score (nSPS) is 11.5. The van der Waals surface area contributed by atoms with Gasteiger partial charge in [0.15, 0.2) is 0 Å². The van der Waals surface area contributed by atoms with Crippen molar-refractivity contribution >= 4 is 23.3 Å². The average molecular weight is 817 g/mol. The van der Waals surface area contributed by atoms with E-state index >= 15 is 0 Å². The van der Waals surface area contributed by atoms with Crippen LogP contribution in [0.1, 0.15) is 87.5 Å². The number of allylic oxidation sites excluding steroid dienone is 2. The highest BCUT2D eigenvalue weighted by atomic mass is 16.5. The standard InChI is InChI=1S/C54H52N6O2/c1-3-5-7-15-33-61-53-49(39-59(57-53)51-29-25-43(26-30-51)41-17-11-9-12-18-41)35-47(37-55)45-21-23-46(24-22-45)48(38-56)36-50-40-60(58-54(50)62-34-16-8-6-4-2)52-31-27-44(28-32-52)42-19-13-10-14-20-42/h9-14,17-32,35-36,39-40H,3-8,15-16,33-34H2,1-2H3/b47-35-,48-36+. The molecular weight excluding hydrogens is 765 g/mol. The number of hydrogen-bond acceptors (Lipinski definition) is 6. The van der Waals surface area contributed by atoms with Gasteiger partial charge in [-0.3, -0.25) is 0 Å². The van der Waals surface area contributed by atoms with Crippen LogP contribution in [-0.4, -0.2) is 32.8 Å². The van der Waals surface area contributed by atoms with E-state index < -0.39 is 0 Å². The van der Waals surface area contributed by atoms with Crippen LogP contribution in [0.25, 0.3) is 56.9 Å². The molecule has 0 radical (unpaired) electrons. The fourth-order valence-electron chi connectivity index (χ4n) is 7.20. The molecule has 8 heteroatoms. The molecule has 0 spiro atoms. The second kappa shape index (κ2) is 21.7. The van der Waals surface area contributed by atoms with Gasteiger partial charge in [-0.1, -0.05) is 162 Å². The molecule has 8 nitrogen and oxygen atoms in total. The van der Waals surface area contributed by atoms with Gasteiger partial charge in [0, 0.05) is 12.4 Å². The van der Waals surface area contributed by atoms with Crippen LogP contribution in [0.2, 0.25) is 0 Å². The van der Waals surface area contributed by atoms with Crippen molar-refractivity contribution in [2.75, 3.05) is 13.2 Å². The van der Waals surface area contributed by atoms with E-state index in [4.69, 9.17) is 19.7 Å². The second-order valence-electron chi connectivity index (χ2n) is 15.2. The predicted molar refractivity (Wildman–Crippen MR) is 251 cm³/mol. The van der Waals surface area contributed by atoms with Crippen LogP contribution in [0.15, 0.2) is 146 Å². The Labute approximate surface area is 365 Å². The lowest BCUT2D eigenvalue weighted by atomic mass is 9.99. The van der Waals surface area contributed by atoms with Crippen molar-refractivity contribution < 1.29 is 9.47 Å². The van der Waals surface area contributed by atoms with Crippen LogP contribution in [0.4, 0.5) is 0 Å². The minimum atomic E-state index is 0.451. The van der Waals surface area contributed by atoms with E-state index in [1.165, 1.54) is 0 Å². The third-order valence-corrected chi connectivity index (χ3v) is 10.7. The summed E-state index contributed by atoms with van der Waals surface area (Å²) in [6, 6.07) is 49.3. The van der Waals surface area contributed by atoms with Gasteiger partial charge < -0.3 is 9.47 Å². The van der Waals surface area contributed by atoms with Gasteiger partial charge in [0.05, 0.1) is 59.0 Å². The molecular formula is C54H52N6O2. The van der Waals surface area contributed by atoms with Gasteiger partial charge in [-0.15, -0.1) is 10.2 Å². The molecule has 0 aliphatic carbocycles. The molecule has 310 valence electrons. The third-order valence-electron chi connectivity index (χ3n) is 10.7. The Morgan fingerprint density at radius 1 is 0.484 bits per heavy atom. The van der Waals surface area contributed by atoms with Crippen LogP contribution >= 0.6 is 0 Å². The zero-order chi connectivity index (χ0) is 42.9. The summed E-state index contributed by atoms with van der Waals surface area (Å²) in [7, 11) is 0. The Bertz CT molecular complexity index is 2460. The molecule has 0 amide bonds. The molecule has 7 aromatic rings. The van der Waals surface area contributed by atoms with Crippen LogP contribution in [0.5, 0.6) is 11.8 Å². The summed E-state index contributed by atoms with van der Waals surface area (Å²) in [6.07, 6.45) is 16.0. The zero-order valence-corrected chi connectivity index (χ0v) is 35.6. The molecule has 0 aliphatic rings. The van der Waals surface area contributed by atoms with Crippen molar-refractivity contribution in [1.82, 2.24) is 19.6 Å². The summed E-state index contributed by atoms with van der Waals surface area (Å²) >= 11 is 0. The maximum Gasteiger partial charge on any atom is 0.240 e. The molecule has 0 saturated carbocycles. The summed E-state index contributed by atoms with van der Waals surface area (Å²) < 4.78 is 16.1. The highest BCUT2D eigenvalue weighted by molar-refractivity contribution is 5.93. The molecule has 0 bridgehead atoms. The van der Waals surface area contributed by atoms with E-state index in [0.717, 1.165) is 85.0 Å². The first-order chi connectivity index (χ1) is 30.6. The third kappa shape index (κ3) is 11.0. The number of benzene rings is 5. The lowest BCUT2D eigenvalue weighted by Gasteiger charge is -2.06. The minimum Gasteiger partial charge on any atom is -0.476 e. The quantitative estimate of drug-likeness (QED) is 0.0561. The van der Waals surface area contributed by atoms with Crippen LogP contribution in [0, 0.1) is 22.7 Å². The van der Waals surface area contributed by atoms with Gasteiger partial charge in [0.1, 0.15) is 0 Å². The first-order valence-corrected chi connectivity index (χ1v) is 21.7. The predicted octanol–water partition coefficient (Wildman–Crippen LogP) is 13.4. The van der Waals surface area contributed by atoms with Crippen LogP contribution in [-0.2, 0) is 0 Å². The summed E-state index contributed by atoms with van der Waals surface area (Å²) in [5.41, 5.74) is 10.0. The Morgan fingerprint density at radius 3 is 1.21 bits per heavy atom. The van der Waals surface area contributed by atoms with Gasteiger partial charge in [-0.05, 0) is 82.6 Å². The molecule has 62 heavy (non-hydrogen) atoms. The first kappa shape index (κ1) is 42.7. The monoisotopic (exact) mass is 816 g/mol. The number of nitriles is 2. The molecule has 2 aromatic heterocycles. The number of nitrogens with zero attached hydrogens (tertiary/aromatic N) is 6. The Kier molecular flexibility index (Phi) is 15.0. The summed E-state index contributed by atoms with van der Waals surface area (Å²) in [6.45, 7) is 5.45. The fourth-order valence-corrected chi connectivity index (χ4v) is 7.20. The van der Waals surface area contributed by atoms with E-state index in [1.54, 1.807) is 9.36 Å². The molecule has 0 fully saturated rings. The van der Waals surface area contributed by atoms with E-state index in [9.17, 15) is 10.5 Å². The van der Waals surface area contributed by atoms with E-state index in [0.29, 0.717) is 58.4 Å². The summed E-state index contributed by atoms with van der Waals surface area (Å²) in [5.74, 6) is 0.951. The summed E-state index contributed by atoms with van der Waals surface area (Å²) in [5, 5.41) is 30.5. The van der Waals surface area contributed by atoms with Crippen molar-refractivity contribution in [1.29, 1.82) is 10.5 Å². The van der Waals surface area contributed by atoms with Crippen molar-refractivity contribution in [2.45, 2.75) is 65.2 Å². The van der Waals surface area contributed by atoms with Gasteiger partial charge in [0.2, 0.25) is 11.8 Å². The second-order valence-corrected chi connectivity index (χ2v) is 15.2. The fraction of sp³-hybridized carbons (Fsp3) is 0.222. The average Bonchev–Trinajstić information content (AvgIpc) is 3.94. The van der Waals surface area contributed by atoms with Gasteiger partial charge in [0.25, 0.3) is 0 Å². The Hall–Kier alpha value is -7.42. The van der Waals surface area contributed by atoms with Crippen LogP contribution in [0.3, 0.4) is 0 Å². The number of unbranched alkanes of at least 4 members (excludes halogenated alkanes) is 6. The number of rotatable bonds is 20. The minimum absolute atomic E-state index is 0.451. The highest BCUT2D eigenvalue weighted by Crippen LogP contribution is 2.30. The summed E-state index contributed by atoms with van der Waals surface area (Å²) in [4.78, 5) is 0. The Balaban J connectivity index is 1.14. The number of aromatic nitrogens is 4.